The molecule has 1 aromatic heterocycles. The first-order valence-electron chi connectivity index (χ1n) is 8.84. The van der Waals surface area contributed by atoms with Crippen LogP contribution in [0.3, 0.4) is 0 Å². The van der Waals surface area contributed by atoms with Crippen molar-refractivity contribution in [2.45, 2.75) is 52.3 Å². The lowest BCUT2D eigenvalue weighted by Crippen LogP contribution is -2.43. The maximum Gasteiger partial charge on any atom is 0.408 e. The number of likely N-dealkylation sites (tertiary alicyclic amines) is 1. The maximum absolute atomic E-state index is 12.8. The van der Waals surface area contributed by atoms with E-state index in [1.165, 1.54) is 11.1 Å². The van der Waals surface area contributed by atoms with Crippen LogP contribution in [0.1, 0.15) is 49.2 Å². The van der Waals surface area contributed by atoms with E-state index < -0.39 is 18.6 Å². The van der Waals surface area contributed by atoms with E-state index in [1.54, 1.807) is 6.92 Å². The monoisotopic (exact) mass is 375 g/mol. The van der Waals surface area contributed by atoms with E-state index in [-0.39, 0.29) is 36.3 Å². The van der Waals surface area contributed by atoms with Crippen LogP contribution in [0.4, 0.5) is 13.2 Å². The number of ether oxygens (including phenoxy) is 1. The van der Waals surface area contributed by atoms with Crippen LogP contribution in [0.15, 0.2) is 6.20 Å². The van der Waals surface area contributed by atoms with Crippen molar-refractivity contribution in [2.75, 3.05) is 19.7 Å². The predicted molar refractivity (Wildman–Crippen MR) is 87.5 cm³/mol. The number of hydrogen-bond acceptors (Lipinski definition) is 4. The number of carbonyl (C=O) groups excluding carboxylic acids is 2. The van der Waals surface area contributed by atoms with Crippen LogP contribution in [0.2, 0.25) is 0 Å². The molecule has 0 aromatic carbocycles. The molecule has 1 aromatic rings. The summed E-state index contributed by atoms with van der Waals surface area (Å²) in [5, 5.41) is 3.78. The molecule has 1 saturated heterocycles. The number of halogens is 3. The van der Waals surface area contributed by atoms with Gasteiger partial charge in [0.15, 0.2) is 0 Å². The van der Waals surface area contributed by atoms with Gasteiger partial charge >= 0.3 is 12.1 Å². The third-order valence-electron chi connectivity index (χ3n) is 4.32. The number of rotatable bonds is 6. The van der Waals surface area contributed by atoms with Gasteiger partial charge in [0.25, 0.3) is 5.91 Å². The van der Waals surface area contributed by atoms with Crippen LogP contribution in [0.5, 0.6) is 0 Å². The summed E-state index contributed by atoms with van der Waals surface area (Å²) >= 11 is 0. The van der Waals surface area contributed by atoms with Gasteiger partial charge in [0, 0.05) is 13.1 Å². The Labute approximate surface area is 150 Å². The quantitative estimate of drug-likeness (QED) is 0.718. The molecule has 2 rings (SSSR count). The van der Waals surface area contributed by atoms with Gasteiger partial charge in [-0.05, 0) is 26.2 Å². The normalized spacial score (nSPS) is 18.0. The standard InChI is InChI=1S/C17H24F3N3O3/c1-3-6-14-13(9-21-23(14)11-17(18,19)20)15(24)22-8-5-7-12(10-22)16(25)26-4-2/h9,12H,3-8,10-11H2,1-2H3. The van der Waals surface area contributed by atoms with E-state index in [1.807, 2.05) is 6.92 Å². The summed E-state index contributed by atoms with van der Waals surface area (Å²) in [6.07, 6.45) is -1.00. The Morgan fingerprint density at radius 3 is 2.69 bits per heavy atom. The van der Waals surface area contributed by atoms with E-state index >= 15 is 0 Å². The average Bonchev–Trinajstić information content (AvgIpc) is 2.95. The van der Waals surface area contributed by atoms with Gasteiger partial charge in [-0.1, -0.05) is 13.3 Å². The Balaban J connectivity index is 2.19. The molecule has 1 unspecified atom stereocenters. The Kier molecular flexibility index (Phi) is 6.66. The first-order valence-corrected chi connectivity index (χ1v) is 8.84. The second-order valence-corrected chi connectivity index (χ2v) is 6.37. The minimum absolute atomic E-state index is 0.181. The van der Waals surface area contributed by atoms with Crippen LogP contribution in [-0.4, -0.2) is 52.4 Å². The van der Waals surface area contributed by atoms with Crippen LogP contribution in [0, 0.1) is 5.92 Å². The highest BCUT2D eigenvalue weighted by Crippen LogP contribution is 2.24. The summed E-state index contributed by atoms with van der Waals surface area (Å²) in [5.41, 5.74) is 0.466. The van der Waals surface area contributed by atoms with E-state index in [9.17, 15) is 22.8 Å². The Bertz CT molecular complexity index is 643. The number of piperidine rings is 1. The topological polar surface area (TPSA) is 64.4 Å². The fraction of sp³-hybridized carbons (Fsp3) is 0.706. The molecule has 1 aliphatic heterocycles. The summed E-state index contributed by atoms with van der Waals surface area (Å²) in [5.74, 6) is -1.12. The number of alkyl halides is 3. The molecule has 2 heterocycles. The van der Waals surface area contributed by atoms with Crippen molar-refractivity contribution in [1.29, 1.82) is 0 Å². The summed E-state index contributed by atoms with van der Waals surface area (Å²) in [7, 11) is 0. The van der Waals surface area contributed by atoms with Crippen molar-refractivity contribution < 1.29 is 27.5 Å². The van der Waals surface area contributed by atoms with Crippen molar-refractivity contribution in [2.24, 2.45) is 5.92 Å². The lowest BCUT2D eigenvalue weighted by molar-refractivity contribution is -0.149. The van der Waals surface area contributed by atoms with Crippen LogP contribution < -0.4 is 0 Å². The molecular formula is C17H24F3N3O3. The van der Waals surface area contributed by atoms with Crippen molar-refractivity contribution in [3.8, 4) is 0 Å². The smallest absolute Gasteiger partial charge is 0.408 e. The van der Waals surface area contributed by atoms with Crippen LogP contribution in [0.25, 0.3) is 0 Å². The number of carbonyl (C=O) groups is 2. The molecule has 1 amide bonds. The Morgan fingerprint density at radius 2 is 2.08 bits per heavy atom. The molecule has 0 aliphatic carbocycles. The van der Waals surface area contributed by atoms with E-state index in [2.05, 4.69) is 5.10 Å². The number of aromatic nitrogens is 2. The minimum atomic E-state index is -4.41. The number of esters is 1. The molecule has 0 bridgehead atoms. The molecule has 0 radical (unpaired) electrons. The van der Waals surface area contributed by atoms with Crippen molar-refractivity contribution in [3.05, 3.63) is 17.5 Å². The second kappa shape index (κ2) is 8.55. The zero-order valence-corrected chi connectivity index (χ0v) is 15.0. The summed E-state index contributed by atoms with van der Waals surface area (Å²) in [4.78, 5) is 26.3. The zero-order chi connectivity index (χ0) is 19.3. The lowest BCUT2D eigenvalue weighted by Gasteiger charge is -2.31. The van der Waals surface area contributed by atoms with Gasteiger partial charge < -0.3 is 9.64 Å². The molecule has 26 heavy (non-hydrogen) atoms. The van der Waals surface area contributed by atoms with Crippen molar-refractivity contribution in [1.82, 2.24) is 14.7 Å². The first-order chi connectivity index (χ1) is 12.3. The van der Waals surface area contributed by atoms with Gasteiger partial charge in [0.2, 0.25) is 0 Å². The van der Waals surface area contributed by atoms with E-state index in [0.717, 1.165) is 4.68 Å². The first kappa shape index (κ1) is 20.3. The highest BCUT2D eigenvalue weighted by Gasteiger charge is 2.34. The summed E-state index contributed by atoms with van der Waals surface area (Å²) in [6.45, 7) is 3.28. The molecule has 146 valence electrons. The van der Waals surface area contributed by atoms with Crippen molar-refractivity contribution >= 4 is 11.9 Å². The summed E-state index contributed by atoms with van der Waals surface area (Å²) < 4.78 is 44.1. The Morgan fingerprint density at radius 1 is 1.35 bits per heavy atom. The van der Waals surface area contributed by atoms with Gasteiger partial charge in [-0.25, -0.2) is 0 Å². The van der Waals surface area contributed by atoms with Crippen LogP contribution >= 0.6 is 0 Å². The lowest BCUT2D eigenvalue weighted by atomic mass is 9.97. The fourth-order valence-electron chi connectivity index (χ4n) is 3.18. The minimum Gasteiger partial charge on any atom is -0.466 e. The molecule has 9 heteroatoms. The van der Waals surface area contributed by atoms with E-state index in [0.29, 0.717) is 32.2 Å². The summed E-state index contributed by atoms with van der Waals surface area (Å²) in [6, 6.07) is 0. The average molecular weight is 375 g/mol. The van der Waals surface area contributed by atoms with Gasteiger partial charge in [0.05, 0.1) is 30.0 Å². The van der Waals surface area contributed by atoms with Crippen LogP contribution in [-0.2, 0) is 22.5 Å². The number of amides is 1. The Hall–Kier alpha value is -2.06. The van der Waals surface area contributed by atoms with E-state index in [4.69, 9.17) is 4.74 Å². The number of hydrogen-bond donors (Lipinski definition) is 0. The second-order valence-electron chi connectivity index (χ2n) is 6.37. The third-order valence-corrected chi connectivity index (χ3v) is 4.32. The molecule has 1 atom stereocenters. The predicted octanol–water partition coefficient (Wildman–Crippen LogP) is 2.81. The number of nitrogens with zero attached hydrogens (tertiary/aromatic N) is 3. The zero-order valence-electron chi connectivity index (χ0n) is 15.0. The SMILES string of the molecule is CCCc1c(C(=O)N2CCCC(C(=O)OCC)C2)cnn1CC(F)(F)F. The molecule has 0 N–H and O–H groups in total. The molecular weight excluding hydrogens is 351 g/mol. The van der Waals surface area contributed by atoms with Gasteiger partial charge in [-0.15, -0.1) is 0 Å². The van der Waals surface area contributed by atoms with Crippen molar-refractivity contribution in [3.63, 3.8) is 0 Å². The third kappa shape index (κ3) is 4.98. The molecule has 1 fully saturated rings. The molecule has 0 saturated carbocycles. The molecule has 1 aliphatic rings. The highest BCUT2D eigenvalue weighted by molar-refractivity contribution is 5.95. The van der Waals surface area contributed by atoms with Gasteiger partial charge in [-0.3, -0.25) is 14.3 Å². The fourth-order valence-corrected chi connectivity index (χ4v) is 3.18. The van der Waals surface area contributed by atoms with Gasteiger partial charge in [-0.2, -0.15) is 18.3 Å². The molecule has 6 nitrogen and oxygen atoms in total. The largest absolute Gasteiger partial charge is 0.466 e. The highest BCUT2D eigenvalue weighted by atomic mass is 19.4. The molecule has 0 spiro atoms. The maximum atomic E-state index is 12.8. The van der Waals surface area contributed by atoms with Gasteiger partial charge in [0.1, 0.15) is 6.54 Å².